The molecule has 106 valence electrons. The molecule has 1 fully saturated rings. The Hall–Kier alpha value is -0.640. The van der Waals surface area contributed by atoms with Gasteiger partial charge in [0.2, 0.25) is 0 Å². The molecule has 1 aromatic rings. The number of nitrogens with one attached hydrogen (secondary N) is 1. The summed E-state index contributed by atoms with van der Waals surface area (Å²) in [5, 5.41) is 0.162. The van der Waals surface area contributed by atoms with E-state index in [1.807, 2.05) is 0 Å². The quantitative estimate of drug-likeness (QED) is 0.649. The summed E-state index contributed by atoms with van der Waals surface area (Å²) in [4.78, 5) is 0. The van der Waals surface area contributed by atoms with Gasteiger partial charge in [-0.25, -0.2) is 4.39 Å². The van der Waals surface area contributed by atoms with E-state index < -0.39 is 0 Å². The number of hydrogen-bond donors (Lipinski definition) is 2. The van der Waals surface area contributed by atoms with Gasteiger partial charge in [0.05, 0.1) is 5.02 Å². The van der Waals surface area contributed by atoms with Crippen LogP contribution in [-0.4, -0.2) is 0 Å². The van der Waals surface area contributed by atoms with E-state index in [0.717, 1.165) is 24.3 Å². The van der Waals surface area contributed by atoms with Gasteiger partial charge < -0.3 is 0 Å². The first-order chi connectivity index (χ1) is 9.02. The lowest BCUT2D eigenvalue weighted by atomic mass is 9.72. The fraction of sp³-hybridized carbons (Fsp3) is 0.600. The van der Waals surface area contributed by atoms with Crippen LogP contribution in [0.1, 0.15) is 44.7 Å². The van der Waals surface area contributed by atoms with Crippen molar-refractivity contribution < 1.29 is 4.39 Å². The monoisotopic (exact) mass is 284 g/mol. The van der Waals surface area contributed by atoms with E-state index in [-0.39, 0.29) is 16.9 Å². The first-order valence-electron chi connectivity index (χ1n) is 6.94. The number of rotatable bonds is 3. The van der Waals surface area contributed by atoms with Crippen molar-refractivity contribution in [3.63, 3.8) is 0 Å². The molecule has 2 nitrogen and oxygen atoms in total. The lowest BCUT2D eigenvalue weighted by Crippen LogP contribution is -2.36. The maximum atomic E-state index is 13.2. The summed E-state index contributed by atoms with van der Waals surface area (Å²) in [7, 11) is 0. The number of benzene rings is 1. The number of halogens is 2. The third-order valence-electron chi connectivity index (χ3n) is 4.59. The van der Waals surface area contributed by atoms with E-state index in [2.05, 4.69) is 19.3 Å². The molecule has 3 N–H and O–H groups in total. The molecule has 0 aliphatic heterocycles. The standard InChI is InChI=1S/C15H22ClFN2/c1-9-3-4-11(7-10(9)2)15(19-18)12-5-6-14(17)13(16)8-12/h5-6,8-11,15,19H,3-4,7,18H2,1-2H3. The molecule has 0 aromatic heterocycles. The van der Waals surface area contributed by atoms with Gasteiger partial charge in [-0.3, -0.25) is 11.3 Å². The van der Waals surface area contributed by atoms with Gasteiger partial charge in [0.1, 0.15) is 5.82 Å². The molecular formula is C15H22ClFN2. The molecule has 1 saturated carbocycles. The summed E-state index contributed by atoms with van der Waals surface area (Å²) >= 11 is 5.86. The van der Waals surface area contributed by atoms with Crippen LogP contribution >= 0.6 is 11.6 Å². The van der Waals surface area contributed by atoms with E-state index in [9.17, 15) is 4.39 Å². The summed E-state index contributed by atoms with van der Waals surface area (Å²) in [5.74, 6) is 7.29. The lowest BCUT2D eigenvalue weighted by Gasteiger charge is -2.36. The van der Waals surface area contributed by atoms with Crippen LogP contribution in [-0.2, 0) is 0 Å². The first kappa shape index (κ1) is 14.8. The maximum Gasteiger partial charge on any atom is 0.141 e. The molecule has 4 atom stereocenters. The lowest BCUT2D eigenvalue weighted by molar-refractivity contribution is 0.171. The minimum Gasteiger partial charge on any atom is -0.271 e. The molecular weight excluding hydrogens is 263 g/mol. The topological polar surface area (TPSA) is 38.0 Å². The fourth-order valence-corrected chi connectivity index (χ4v) is 3.29. The van der Waals surface area contributed by atoms with Crippen LogP contribution in [0.3, 0.4) is 0 Å². The van der Waals surface area contributed by atoms with Crippen molar-refractivity contribution in [2.24, 2.45) is 23.6 Å². The van der Waals surface area contributed by atoms with Crippen molar-refractivity contribution in [3.05, 3.63) is 34.6 Å². The minimum absolute atomic E-state index is 0.0491. The highest BCUT2D eigenvalue weighted by atomic mass is 35.5. The SMILES string of the molecule is CC1CCC(C(NN)c2ccc(F)c(Cl)c2)CC1C. The molecule has 4 heteroatoms. The van der Waals surface area contributed by atoms with Gasteiger partial charge in [0, 0.05) is 6.04 Å². The molecule has 1 aliphatic carbocycles. The Labute approximate surface area is 119 Å². The van der Waals surface area contributed by atoms with Gasteiger partial charge in [-0.2, -0.15) is 0 Å². The molecule has 0 spiro atoms. The maximum absolute atomic E-state index is 13.2. The van der Waals surface area contributed by atoms with Gasteiger partial charge in [0.25, 0.3) is 0 Å². The second-order valence-corrected chi connectivity index (χ2v) is 6.25. The Morgan fingerprint density at radius 3 is 2.63 bits per heavy atom. The van der Waals surface area contributed by atoms with Crippen LogP contribution in [0.2, 0.25) is 5.02 Å². The Balaban J connectivity index is 2.17. The fourth-order valence-electron chi connectivity index (χ4n) is 3.10. The highest BCUT2D eigenvalue weighted by Crippen LogP contribution is 2.40. The molecule has 0 amide bonds. The summed E-state index contributed by atoms with van der Waals surface area (Å²) in [5.41, 5.74) is 3.86. The average Bonchev–Trinajstić information content (AvgIpc) is 2.39. The average molecular weight is 285 g/mol. The van der Waals surface area contributed by atoms with E-state index in [0.29, 0.717) is 11.8 Å². The second-order valence-electron chi connectivity index (χ2n) is 5.85. The van der Waals surface area contributed by atoms with E-state index in [4.69, 9.17) is 17.4 Å². The molecule has 19 heavy (non-hydrogen) atoms. The highest BCUT2D eigenvalue weighted by molar-refractivity contribution is 6.30. The van der Waals surface area contributed by atoms with E-state index in [1.54, 1.807) is 12.1 Å². The largest absolute Gasteiger partial charge is 0.271 e. The van der Waals surface area contributed by atoms with Crippen LogP contribution in [0.4, 0.5) is 4.39 Å². The van der Waals surface area contributed by atoms with Gasteiger partial charge in [-0.05, 0) is 48.3 Å². The third-order valence-corrected chi connectivity index (χ3v) is 4.88. The van der Waals surface area contributed by atoms with E-state index in [1.165, 1.54) is 12.5 Å². The zero-order chi connectivity index (χ0) is 14.0. The highest BCUT2D eigenvalue weighted by Gasteiger charge is 2.30. The molecule has 0 radical (unpaired) electrons. The predicted octanol–water partition coefficient (Wildman–Crippen LogP) is 4.06. The van der Waals surface area contributed by atoms with Crippen LogP contribution in [0, 0.1) is 23.6 Å². The zero-order valence-electron chi connectivity index (χ0n) is 11.5. The van der Waals surface area contributed by atoms with Gasteiger partial charge in [-0.1, -0.05) is 37.9 Å². The van der Waals surface area contributed by atoms with Crippen molar-refractivity contribution >= 4 is 11.6 Å². The summed E-state index contributed by atoms with van der Waals surface area (Å²) in [6.45, 7) is 4.60. The van der Waals surface area contributed by atoms with Crippen molar-refractivity contribution in [1.29, 1.82) is 0 Å². The smallest absolute Gasteiger partial charge is 0.141 e. The molecule has 2 rings (SSSR count). The molecule has 1 aromatic carbocycles. The zero-order valence-corrected chi connectivity index (χ0v) is 12.3. The van der Waals surface area contributed by atoms with Gasteiger partial charge in [0.15, 0.2) is 0 Å². The second kappa shape index (κ2) is 6.21. The first-order valence-corrected chi connectivity index (χ1v) is 7.31. The molecule has 1 aliphatic rings. The molecule has 0 bridgehead atoms. The van der Waals surface area contributed by atoms with Crippen molar-refractivity contribution in [2.75, 3.05) is 0 Å². The predicted molar refractivity (Wildman–Crippen MR) is 77.1 cm³/mol. The number of nitrogens with two attached hydrogens (primary N) is 1. The third kappa shape index (κ3) is 3.28. The molecule has 4 unspecified atom stereocenters. The van der Waals surface area contributed by atoms with Crippen molar-refractivity contribution in [1.82, 2.24) is 5.43 Å². The molecule has 0 saturated heterocycles. The Morgan fingerprint density at radius 2 is 2.05 bits per heavy atom. The van der Waals surface area contributed by atoms with Gasteiger partial charge in [-0.15, -0.1) is 0 Å². The molecule has 0 heterocycles. The van der Waals surface area contributed by atoms with Gasteiger partial charge >= 0.3 is 0 Å². The number of hydrogen-bond acceptors (Lipinski definition) is 2. The summed E-state index contributed by atoms with van der Waals surface area (Å²) < 4.78 is 13.2. The van der Waals surface area contributed by atoms with Crippen molar-refractivity contribution in [2.45, 2.75) is 39.2 Å². The summed E-state index contributed by atoms with van der Waals surface area (Å²) in [6, 6.07) is 4.92. The van der Waals surface area contributed by atoms with Crippen LogP contribution < -0.4 is 11.3 Å². The van der Waals surface area contributed by atoms with Crippen molar-refractivity contribution in [3.8, 4) is 0 Å². The summed E-state index contributed by atoms with van der Waals surface area (Å²) in [6.07, 6.45) is 3.51. The normalized spacial score (nSPS) is 29.2. The van der Waals surface area contributed by atoms with Crippen LogP contribution in [0.15, 0.2) is 18.2 Å². The minimum atomic E-state index is -0.383. The van der Waals surface area contributed by atoms with Crippen LogP contribution in [0.25, 0.3) is 0 Å². The Bertz CT molecular complexity index is 438. The Kier molecular flexibility index (Phi) is 4.82. The Morgan fingerprint density at radius 1 is 1.32 bits per heavy atom. The number of hydrazine groups is 1. The van der Waals surface area contributed by atoms with Crippen LogP contribution in [0.5, 0.6) is 0 Å². The van der Waals surface area contributed by atoms with E-state index >= 15 is 0 Å².